The molecule has 3 rings (SSSR count). The summed E-state index contributed by atoms with van der Waals surface area (Å²) < 4.78 is 2.31. The Morgan fingerprint density at radius 3 is 2.56 bits per heavy atom. The van der Waals surface area contributed by atoms with Crippen LogP contribution in [0.4, 0.5) is 0 Å². The molecule has 1 heterocycles. The Morgan fingerprint density at radius 2 is 1.78 bits per heavy atom. The van der Waals surface area contributed by atoms with Gasteiger partial charge in [-0.2, -0.15) is 0 Å². The van der Waals surface area contributed by atoms with Crippen molar-refractivity contribution in [3.05, 3.63) is 86.7 Å². The summed E-state index contributed by atoms with van der Waals surface area (Å²) in [4.78, 5) is 36.1. The van der Waals surface area contributed by atoms with Crippen LogP contribution in [0.2, 0.25) is 0 Å². The quantitative estimate of drug-likeness (QED) is 0.722. The molecule has 0 bridgehead atoms. The predicted molar refractivity (Wildman–Crippen MR) is 106 cm³/mol. The van der Waals surface area contributed by atoms with Crippen molar-refractivity contribution < 1.29 is 4.79 Å². The van der Waals surface area contributed by atoms with Gasteiger partial charge in [0.15, 0.2) is 0 Å². The summed E-state index contributed by atoms with van der Waals surface area (Å²) in [6, 6.07) is 13.8. The van der Waals surface area contributed by atoms with E-state index in [0.29, 0.717) is 0 Å². The highest BCUT2D eigenvalue weighted by molar-refractivity contribution is 5.92. The van der Waals surface area contributed by atoms with Crippen molar-refractivity contribution in [2.75, 3.05) is 0 Å². The van der Waals surface area contributed by atoms with Crippen LogP contribution in [-0.2, 0) is 18.9 Å². The molecule has 1 N–H and O–H groups in total. The van der Waals surface area contributed by atoms with E-state index in [-0.39, 0.29) is 17.5 Å². The zero-order valence-electron chi connectivity index (χ0n) is 15.5. The van der Waals surface area contributed by atoms with Gasteiger partial charge in [0.05, 0.1) is 11.6 Å². The molecule has 1 amide bonds. The number of benzene rings is 2. The number of rotatable bonds is 4. The zero-order valence-corrected chi connectivity index (χ0v) is 15.5. The minimum atomic E-state index is -0.441. The average Bonchev–Trinajstić information content (AvgIpc) is 2.67. The number of aromatic nitrogens is 2. The van der Waals surface area contributed by atoms with E-state index < -0.39 is 11.2 Å². The minimum Gasteiger partial charge on any atom is -0.346 e. The highest BCUT2D eigenvalue weighted by Crippen LogP contribution is 2.23. The first kappa shape index (κ1) is 18.4. The van der Waals surface area contributed by atoms with Crippen LogP contribution in [0.5, 0.6) is 0 Å². The number of aryl methyl sites for hydroxylation is 1. The number of carbonyl (C=O) groups excluding carboxylic acids is 1. The molecule has 0 spiro atoms. The first-order chi connectivity index (χ1) is 12.9. The van der Waals surface area contributed by atoms with Crippen molar-refractivity contribution in [3.63, 3.8) is 0 Å². The molecule has 1 aromatic heterocycles. The second-order valence-electron chi connectivity index (χ2n) is 6.47. The van der Waals surface area contributed by atoms with Crippen molar-refractivity contribution in [1.82, 2.24) is 14.5 Å². The Bertz CT molecular complexity index is 1150. The van der Waals surface area contributed by atoms with Crippen LogP contribution < -0.4 is 16.6 Å². The summed E-state index contributed by atoms with van der Waals surface area (Å²) in [6.07, 6.45) is 4.15. The van der Waals surface area contributed by atoms with Crippen LogP contribution in [0, 0.1) is 0 Å². The molecule has 0 aliphatic carbocycles. The first-order valence-electron chi connectivity index (χ1n) is 8.61. The van der Waals surface area contributed by atoms with Crippen molar-refractivity contribution in [2.24, 2.45) is 14.1 Å². The molecule has 1 atom stereocenters. The lowest BCUT2D eigenvalue weighted by atomic mass is 10.00. The summed E-state index contributed by atoms with van der Waals surface area (Å²) >= 11 is 0. The lowest BCUT2D eigenvalue weighted by Gasteiger charge is -2.15. The fourth-order valence-electron chi connectivity index (χ4n) is 3.08. The normalized spacial score (nSPS) is 12.4. The molecule has 0 fully saturated rings. The monoisotopic (exact) mass is 363 g/mol. The number of hydrogen-bond acceptors (Lipinski definition) is 3. The molecular weight excluding hydrogens is 342 g/mol. The fourth-order valence-corrected chi connectivity index (χ4v) is 3.08. The second kappa shape index (κ2) is 7.45. The van der Waals surface area contributed by atoms with E-state index >= 15 is 0 Å². The predicted octanol–water partition coefficient (Wildman–Crippen LogP) is 2.13. The molecule has 0 saturated carbocycles. The van der Waals surface area contributed by atoms with Gasteiger partial charge in [0.25, 0.3) is 5.56 Å². The third-order valence-electron chi connectivity index (χ3n) is 4.54. The van der Waals surface area contributed by atoms with E-state index in [0.717, 1.165) is 20.9 Å². The van der Waals surface area contributed by atoms with Gasteiger partial charge in [-0.1, -0.05) is 42.5 Å². The van der Waals surface area contributed by atoms with E-state index in [1.165, 1.54) is 30.0 Å². The fraction of sp³-hybridized carbons (Fsp3) is 0.190. The van der Waals surface area contributed by atoms with Gasteiger partial charge in [0, 0.05) is 26.4 Å². The molecule has 27 heavy (non-hydrogen) atoms. The summed E-state index contributed by atoms with van der Waals surface area (Å²) in [6.45, 7) is 1.92. The van der Waals surface area contributed by atoms with Crippen molar-refractivity contribution >= 4 is 22.8 Å². The number of hydrogen-bond donors (Lipinski definition) is 1. The van der Waals surface area contributed by atoms with Gasteiger partial charge in [-0.25, -0.2) is 4.79 Å². The lowest BCUT2D eigenvalue weighted by molar-refractivity contribution is -0.117. The summed E-state index contributed by atoms with van der Waals surface area (Å²) in [5.41, 5.74) is 0.441. The zero-order chi connectivity index (χ0) is 19.6. The maximum Gasteiger partial charge on any atom is 0.330 e. The molecule has 0 aliphatic heterocycles. The van der Waals surface area contributed by atoms with E-state index in [4.69, 9.17) is 0 Å². The maximum atomic E-state index is 12.3. The third kappa shape index (κ3) is 3.74. The largest absolute Gasteiger partial charge is 0.346 e. The number of nitrogens with zero attached hydrogens (tertiary/aromatic N) is 2. The molecule has 6 heteroatoms. The van der Waals surface area contributed by atoms with Crippen LogP contribution in [0.3, 0.4) is 0 Å². The molecule has 1 unspecified atom stereocenters. The van der Waals surface area contributed by atoms with Crippen LogP contribution in [0.25, 0.3) is 16.8 Å². The molecular formula is C21H21N3O3. The Balaban J connectivity index is 1.81. The Labute approximate surface area is 156 Å². The minimum absolute atomic E-state index is 0.198. The Kier molecular flexibility index (Phi) is 5.07. The summed E-state index contributed by atoms with van der Waals surface area (Å²) in [5, 5.41) is 5.11. The topological polar surface area (TPSA) is 73.1 Å². The van der Waals surface area contributed by atoms with Gasteiger partial charge < -0.3 is 9.88 Å². The van der Waals surface area contributed by atoms with Crippen LogP contribution in [-0.4, -0.2) is 15.0 Å². The molecule has 2 aromatic carbocycles. The number of carbonyl (C=O) groups is 1. The van der Waals surface area contributed by atoms with E-state index in [2.05, 4.69) is 5.32 Å². The van der Waals surface area contributed by atoms with Gasteiger partial charge in [0.2, 0.25) is 5.91 Å². The molecule has 0 aliphatic rings. The van der Waals surface area contributed by atoms with Crippen LogP contribution in [0.15, 0.2) is 64.3 Å². The SMILES string of the molecule is CC(NC(=O)/C=C/c1cn(C)c(=O)n(C)c1=O)c1cccc2ccccc12. The summed E-state index contributed by atoms with van der Waals surface area (Å²) in [7, 11) is 2.96. The lowest BCUT2D eigenvalue weighted by Crippen LogP contribution is -2.37. The van der Waals surface area contributed by atoms with Crippen molar-refractivity contribution in [1.29, 1.82) is 0 Å². The maximum absolute atomic E-state index is 12.3. The second-order valence-corrected chi connectivity index (χ2v) is 6.47. The number of fused-ring (bicyclic) bond motifs is 1. The Morgan fingerprint density at radius 1 is 1.07 bits per heavy atom. The van der Waals surface area contributed by atoms with Crippen LogP contribution >= 0.6 is 0 Å². The first-order valence-corrected chi connectivity index (χ1v) is 8.61. The molecule has 3 aromatic rings. The number of amides is 1. The van der Waals surface area contributed by atoms with E-state index in [1.807, 2.05) is 49.4 Å². The standard InChI is InChI=1S/C21H21N3O3/c1-14(17-10-6-8-15-7-4-5-9-18(15)17)22-19(25)12-11-16-13-23(2)21(27)24(3)20(16)26/h4-14H,1-3H3,(H,22,25)/b12-11+. The molecule has 138 valence electrons. The molecule has 0 radical (unpaired) electrons. The van der Waals surface area contributed by atoms with Gasteiger partial charge in [-0.3, -0.25) is 14.2 Å². The van der Waals surface area contributed by atoms with E-state index in [9.17, 15) is 14.4 Å². The number of nitrogens with one attached hydrogen (secondary N) is 1. The highest BCUT2D eigenvalue weighted by atomic mass is 16.2. The van der Waals surface area contributed by atoms with Gasteiger partial charge in [-0.05, 0) is 29.3 Å². The van der Waals surface area contributed by atoms with Crippen molar-refractivity contribution in [2.45, 2.75) is 13.0 Å². The molecule has 0 saturated heterocycles. The highest BCUT2D eigenvalue weighted by Gasteiger charge is 2.11. The van der Waals surface area contributed by atoms with Crippen molar-refractivity contribution in [3.8, 4) is 0 Å². The van der Waals surface area contributed by atoms with E-state index in [1.54, 1.807) is 7.05 Å². The van der Waals surface area contributed by atoms with Gasteiger partial charge >= 0.3 is 5.69 Å². The summed E-state index contributed by atoms with van der Waals surface area (Å²) in [5.74, 6) is -0.314. The smallest absolute Gasteiger partial charge is 0.330 e. The average molecular weight is 363 g/mol. The third-order valence-corrected chi connectivity index (χ3v) is 4.54. The van der Waals surface area contributed by atoms with Gasteiger partial charge in [-0.15, -0.1) is 0 Å². The molecule has 6 nitrogen and oxygen atoms in total. The van der Waals surface area contributed by atoms with Crippen LogP contribution in [0.1, 0.15) is 24.1 Å². The van der Waals surface area contributed by atoms with Gasteiger partial charge in [0.1, 0.15) is 0 Å². The Hall–Kier alpha value is -3.41.